The molecule has 0 aliphatic carbocycles. The van der Waals surface area contributed by atoms with Crippen LogP contribution in [0, 0.1) is 0 Å². The van der Waals surface area contributed by atoms with Crippen molar-refractivity contribution in [2.45, 2.75) is 58.3 Å². The van der Waals surface area contributed by atoms with Gasteiger partial charge < -0.3 is 14.8 Å². The number of aromatic amines is 1. The molecule has 2 rings (SSSR count). The standard InChI is InChI=1S/C19H29NO2/c1-2-3-4-5-6-7-8-13-22-17-9-10-19-18(14-17)16(11-12-21)15-20-19/h9-10,14-15,20-21H,2-8,11-13H2,1H3. The van der Waals surface area contributed by atoms with Gasteiger partial charge in [-0.15, -0.1) is 0 Å². The summed E-state index contributed by atoms with van der Waals surface area (Å²) in [6, 6.07) is 6.15. The van der Waals surface area contributed by atoms with E-state index in [9.17, 15) is 0 Å². The monoisotopic (exact) mass is 303 g/mol. The second-order valence-electron chi connectivity index (χ2n) is 5.96. The fourth-order valence-electron chi connectivity index (χ4n) is 2.82. The van der Waals surface area contributed by atoms with Crippen LogP contribution in [0.1, 0.15) is 57.4 Å². The molecule has 2 aromatic rings. The number of aromatic nitrogens is 1. The number of nitrogens with one attached hydrogen (secondary N) is 1. The molecule has 0 bridgehead atoms. The van der Waals surface area contributed by atoms with E-state index in [1.807, 2.05) is 12.3 Å². The van der Waals surface area contributed by atoms with Gasteiger partial charge in [-0.3, -0.25) is 0 Å². The molecule has 0 spiro atoms. The van der Waals surface area contributed by atoms with Crippen LogP contribution in [0.5, 0.6) is 5.75 Å². The van der Waals surface area contributed by atoms with Crippen molar-refractivity contribution in [3.05, 3.63) is 30.0 Å². The number of rotatable bonds is 11. The van der Waals surface area contributed by atoms with E-state index in [2.05, 4.69) is 24.0 Å². The molecule has 0 saturated heterocycles. The highest BCUT2D eigenvalue weighted by Crippen LogP contribution is 2.24. The van der Waals surface area contributed by atoms with Crippen LogP contribution in [0.4, 0.5) is 0 Å². The summed E-state index contributed by atoms with van der Waals surface area (Å²) in [6.07, 6.45) is 11.8. The molecule has 3 heteroatoms. The number of benzene rings is 1. The molecule has 0 atom stereocenters. The highest BCUT2D eigenvalue weighted by molar-refractivity contribution is 5.84. The number of aliphatic hydroxyl groups is 1. The van der Waals surface area contributed by atoms with Crippen LogP contribution >= 0.6 is 0 Å². The Kier molecular flexibility index (Phi) is 7.31. The molecular weight excluding hydrogens is 274 g/mol. The Morgan fingerprint density at radius 1 is 1.05 bits per heavy atom. The van der Waals surface area contributed by atoms with Gasteiger partial charge in [0.25, 0.3) is 0 Å². The smallest absolute Gasteiger partial charge is 0.120 e. The Morgan fingerprint density at radius 3 is 2.59 bits per heavy atom. The quantitative estimate of drug-likeness (QED) is 0.584. The first-order chi connectivity index (χ1) is 10.8. The van der Waals surface area contributed by atoms with Crippen LogP contribution in [0.3, 0.4) is 0 Å². The molecule has 1 aromatic carbocycles. The summed E-state index contributed by atoms with van der Waals surface area (Å²) < 4.78 is 5.87. The van der Waals surface area contributed by atoms with Crippen LogP contribution in [0.2, 0.25) is 0 Å². The fourth-order valence-corrected chi connectivity index (χ4v) is 2.82. The van der Waals surface area contributed by atoms with E-state index in [4.69, 9.17) is 9.84 Å². The van der Waals surface area contributed by atoms with Crippen molar-refractivity contribution in [3.8, 4) is 5.75 Å². The molecule has 0 amide bonds. The molecule has 0 aliphatic heterocycles. The van der Waals surface area contributed by atoms with Gasteiger partial charge in [-0.1, -0.05) is 45.4 Å². The lowest BCUT2D eigenvalue weighted by atomic mass is 10.1. The number of ether oxygens (including phenoxy) is 1. The summed E-state index contributed by atoms with van der Waals surface area (Å²) in [5.41, 5.74) is 2.26. The van der Waals surface area contributed by atoms with Crippen molar-refractivity contribution >= 4 is 10.9 Å². The SMILES string of the molecule is CCCCCCCCCOc1ccc2[nH]cc(CCO)c2c1. The lowest BCUT2D eigenvalue weighted by molar-refractivity contribution is 0.299. The topological polar surface area (TPSA) is 45.2 Å². The molecule has 1 aromatic heterocycles. The molecule has 122 valence electrons. The number of hydrogen-bond donors (Lipinski definition) is 2. The molecule has 0 aliphatic rings. The average molecular weight is 303 g/mol. The first kappa shape index (κ1) is 16.9. The zero-order valence-corrected chi connectivity index (χ0v) is 13.7. The normalized spacial score (nSPS) is 11.2. The van der Waals surface area contributed by atoms with Gasteiger partial charge in [0.15, 0.2) is 0 Å². The molecule has 0 radical (unpaired) electrons. The molecule has 2 N–H and O–H groups in total. The van der Waals surface area contributed by atoms with Crippen molar-refractivity contribution in [2.24, 2.45) is 0 Å². The van der Waals surface area contributed by atoms with Crippen molar-refractivity contribution < 1.29 is 9.84 Å². The average Bonchev–Trinajstić information content (AvgIpc) is 2.93. The van der Waals surface area contributed by atoms with E-state index >= 15 is 0 Å². The summed E-state index contributed by atoms with van der Waals surface area (Å²) in [6.45, 7) is 3.22. The third-order valence-corrected chi connectivity index (χ3v) is 4.14. The van der Waals surface area contributed by atoms with Crippen molar-refractivity contribution in [1.82, 2.24) is 4.98 Å². The second-order valence-corrected chi connectivity index (χ2v) is 5.96. The highest BCUT2D eigenvalue weighted by Gasteiger charge is 2.05. The van der Waals surface area contributed by atoms with Gasteiger partial charge in [-0.05, 0) is 36.6 Å². The largest absolute Gasteiger partial charge is 0.494 e. The minimum atomic E-state index is 0.177. The zero-order valence-electron chi connectivity index (χ0n) is 13.7. The van der Waals surface area contributed by atoms with E-state index in [0.29, 0.717) is 6.42 Å². The van der Waals surface area contributed by atoms with E-state index in [1.165, 1.54) is 38.5 Å². The Morgan fingerprint density at radius 2 is 1.82 bits per heavy atom. The van der Waals surface area contributed by atoms with Gasteiger partial charge in [0.1, 0.15) is 5.75 Å². The summed E-state index contributed by atoms with van der Waals surface area (Å²) in [5.74, 6) is 0.928. The third-order valence-electron chi connectivity index (χ3n) is 4.14. The minimum Gasteiger partial charge on any atom is -0.494 e. The van der Waals surface area contributed by atoms with Gasteiger partial charge in [0.05, 0.1) is 6.61 Å². The summed E-state index contributed by atoms with van der Waals surface area (Å²) in [4.78, 5) is 3.23. The van der Waals surface area contributed by atoms with Gasteiger partial charge in [-0.25, -0.2) is 0 Å². The van der Waals surface area contributed by atoms with E-state index < -0.39 is 0 Å². The molecule has 0 saturated carbocycles. The lowest BCUT2D eigenvalue weighted by Crippen LogP contribution is -1.97. The Labute approximate surface area is 133 Å². The number of unbranched alkanes of at least 4 members (excludes halogenated alkanes) is 6. The molecule has 1 heterocycles. The Balaban J connectivity index is 1.73. The minimum absolute atomic E-state index is 0.177. The van der Waals surface area contributed by atoms with Gasteiger partial charge >= 0.3 is 0 Å². The third kappa shape index (κ3) is 5.06. The first-order valence-electron chi connectivity index (χ1n) is 8.69. The maximum Gasteiger partial charge on any atom is 0.120 e. The molecular formula is C19H29NO2. The van der Waals surface area contributed by atoms with Gasteiger partial charge in [0.2, 0.25) is 0 Å². The lowest BCUT2D eigenvalue weighted by Gasteiger charge is -2.07. The number of hydrogen-bond acceptors (Lipinski definition) is 2. The number of aliphatic hydroxyl groups excluding tert-OH is 1. The van der Waals surface area contributed by atoms with Crippen LogP contribution in [-0.4, -0.2) is 23.3 Å². The van der Waals surface area contributed by atoms with Crippen LogP contribution < -0.4 is 4.74 Å². The van der Waals surface area contributed by atoms with Gasteiger partial charge in [0, 0.05) is 23.7 Å². The van der Waals surface area contributed by atoms with Gasteiger partial charge in [-0.2, -0.15) is 0 Å². The molecule has 0 fully saturated rings. The van der Waals surface area contributed by atoms with Crippen molar-refractivity contribution in [2.75, 3.05) is 13.2 Å². The number of H-pyrrole nitrogens is 1. The molecule has 0 unspecified atom stereocenters. The van der Waals surface area contributed by atoms with Crippen LogP contribution in [0.25, 0.3) is 10.9 Å². The Bertz CT molecular complexity index is 547. The van der Waals surface area contributed by atoms with E-state index in [-0.39, 0.29) is 6.61 Å². The summed E-state index contributed by atoms with van der Waals surface area (Å²) >= 11 is 0. The fraction of sp³-hybridized carbons (Fsp3) is 0.579. The molecule has 3 nitrogen and oxygen atoms in total. The van der Waals surface area contributed by atoms with Crippen LogP contribution in [0.15, 0.2) is 24.4 Å². The predicted molar refractivity (Wildman–Crippen MR) is 92.6 cm³/mol. The summed E-state index contributed by atoms with van der Waals surface area (Å²) in [7, 11) is 0. The van der Waals surface area contributed by atoms with Crippen molar-refractivity contribution in [3.63, 3.8) is 0 Å². The number of fused-ring (bicyclic) bond motifs is 1. The zero-order chi connectivity index (χ0) is 15.6. The van der Waals surface area contributed by atoms with E-state index in [1.54, 1.807) is 0 Å². The first-order valence-corrected chi connectivity index (χ1v) is 8.69. The highest BCUT2D eigenvalue weighted by atomic mass is 16.5. The van der Waals surface area contributed by atoms with Crippen molar-refractivity contribution in [1.29, 1.82) is 0 Å². The van der Waals surface area contributed by atoms with E-state index in [0.717, 1.165) is 35.2 Å². The predicted octanol–water partition coefficient (Wildman–Crippen LogP) is 4.83. The maximum absolute atomic E-state index is 9.10. The Hall–Kier alpha value is -1.48. The second kappa shape index (κ2) is 9.52. The summed E-state index contributed by atoms with van der Waals surface area (Å²) in [5, 5.41) is 10.3. The molecule has 22 heavy (non-hydrogen) atoms. The maximum atomic E-state index is 9.10. The van der Waals surface area contributed by atoms with Crippen LogP contribution in [-0.2, 0) is 6.42 Å².